The molecular weight excluding hydrogens is 363 g/mol. The number of ether oxygens (including phenoxy) is 1. The number of carbonyl (C=O) groups is 1. The number of carbonyl (C=O) groups excluding carboxylic acids is 1. The topological polar surface area (TPSA) is 50.7 Å². The molecule has 0 heterocycles. The molecule has 0 saturated heterocycles. The van der Waals surface area contributed by atoms with Crippen molar-refractivity contribution in [3.8, 4) is 5.75 Å². The van der Waals surface area contributed by atoms with Gasteiger partial charge in [0, 0.05) is 0 Å². The van der Waals surface area contributed by atoms with Crippen molar-refractivity contribution in [2.45, 2.75) is 13.3 Å². The van der Waals surface area contributed by atoms with Gasteiger partial charge in [0.05, 0.1) is 10.7 Å². The number of halogens is 2. The van der Waals surface area contributed by atoms with Crippen LogP contribution in [0.25, 0.3) is 0 Å². The Morgan fingerprint density at radius 1 is 1.30 bits per heavy atom. The smallest absolute Gasteiger partial charge is 0.277 e. The number of hydrazone groups is 1. The average Bonchev–Trinajstić information content (AvgIpc) is 2.56. The lowest BCUT2D eigenvalue weighted by Gasteiger charge is -2.05. The molecule has 0 aliphatic carbocycles. The molecule has 0 spiro atoms. The van der Waals surface area contributed by atoms with E-state index in [1.54, 1.807) is 12.1 Å². The summed E-state index contributed by atoms with van der Waals surface area (Å²) in [6, 6.07) is 12.0. The van der Waals surface area contributed by atoms with Crippen molar-refractivity contribution in [2.75, 3.05) is 6.61 Å². The zero-order chi connectivity index (χ0) is 16.7. The van der Waals surface area contributed by atoms with Crippen LogP contribution in [-0.4, -0.2) is 18.7 Å². The molecule has 4 nitrogen and oxygen atoms in total. The maximum absolute atomic E-state index is 13.1. The molecule has 23 heavy (non-hydrogen) atoms. The molecular formula is C17H16BrFN2O2. The Morgan fingerprint density at radius 3 is 2.70 bits per heavy atom. The third kappa shape index (κ3) is 5.49. The van der Waals surface area contributed by atoms with Crippen molar-refractivity contribution in [1.82, 2.24) is 5.43 Å². The van der Waals surface area contributed by atoms with E-state index in [9.17, 15) is 9.18 Å². The molecule has 0 aromatic heterocycles. The first-order valence-corrected chi connectivity index (χ1v) is 7.86. The molecule has 0 saturated carbocycles. The van der Waals surface area contributed by atoms with Gasteiger partial charge in [0.25, 0.3) is 5.91 Å². The summed E-state index contributed by atoms with van der Waals surface area (Å²) in [7, 11) is 0. The Kier molecular flexibility index (Phi) is 6.29. The summed E-state index contributed by atoms with van der Waals surface area (Å²) in [5, 5.41) is 3.80. The van der Waals surface area contributed by atoms with Gasteiger partial charge in [-0.3, -0.25) is 4.79 Å². The van der Waals surface area contributed by atoms with E-state index in [0.717, 1.165) is 6.42 Å². The first kappa shape index (κ1) is 17.1. The largest absolute Gasteiger partial charge is 0.484 e. The fourth-order valence-electron chi connectivity index (χ4n) is 1.77. The summed E-state index contributed by atoms with van der Waals surface area (Å²) in [5.41, 5.74) is 4.22. The van der Waals surface area contributed by atoms with Crippen molar-refractivity contribution < 1.29 is 13.9 Å². The number of rotatable bonds is 6. The van der Waals surface area contributed by atoms with Crippen LogP contribution in [0.1, 0.15) is 18.1 Å². The minimum absolute atomic E-state index is 0.129. The van der Waals surface area contributed by atoms with E-state index in [0.29, 0.717) is 15.8 Å². The molecule has 0 fully saturated rings. The molecule has 1 amide bonds. The van der Waals surface area contributed by atoms with Crippen molar-refractivity contribution in [2.24, 2.45) is 5.10 Å². The lowest BCUT2D eigenvalue weighted by Crippen LogP contribution is -2.24. The van der Waals surface area contributed by atoms with Crippen LogP contribution in [0.2, 0.25) is 0 Å². The van der Waals surface area contributed by atoms with Crippen LogP contribution >= 0.6 is 15.9 Å². The van der Waals surface area contributed by atoms with Crippen LogP contribution in [0.15, 0.2) is 52.0 Å². The van der Waals surface area contributed by atoms with E-state index in [-0.39, 0.29) is 18.3 Å². The number of amides is 1. The second-order valence-electron chi connectivity index (χ2n) is 4.75. The van der Waals surface area contributed by atoms with E-state index < -0.39 is 0 Å². The van der Waals surface area contributed by atoms with Crippen LogP contribution in [0.5, 0.6) is 5.75 Å². The normalized spacial score (nSPS) is 10.7. The third-order valence-electron chi connectivity index (χ3n) is 3.05. The molecule has 2 rings (SSSR count). The summed E-state index contributed by atoms with van der Waals surface area (Å²) >= 11 is 3.08. The van der Waals surface area contributed by atoms with E-state index in [1.807, 2.05) is 24.3 Å². The molecule has 6 heteroatoms. The molecule has 0 unspecified atom stereocenters. The predicted molar refractivity (Wildman–Crippen MR) is 91.2 cm³/mol. The molecule has 0 atom stereocenters. The molecule has 0 aliphatic rings. The monoisotopic (exact) mass is 378 g/mol. The summed E-state index contributed by atoms with van der Waals surface area (Å²) < 4.78 is 18.8. The molecule has 0 aliphatic heterocycles. The Balaban J connectivity index is 1.79. The van der Waals surface area contributed by atoms with Gasteiger partial charge in [-0.2, -0.15) is 5.10 Å². The van der Waals surface area contributed by atoms with Gasteiger partial charge < -0.3 is 4.74 Å². The van der Waals surface area contributed by atoms with Crippen molar-refractivity contribution in [3.05, 3.63) is 63.9 Å². The highest BCUT2D eigenvalue weighted by Crippen LogP contribution is 2.15. The van der Waals surface area contributed by atoms with Gasteiger partial charge in [-0.05, 0) is 57.7 Å². The molecule has 1 N–H and O–H groups in total. The molecule has 120 valence electrons. The van der Waals surface area contributed by atoms with E-state index in [4.69, 9.17) is 4.74 Å². The average molecular weight is 379 g/mol. The minimum Gasteiger partial charge on any atom is -0.484 e. The maximum Gasteiger partial charge on any atom is 0.277 e. The second-order valence-corrected chi connectivity index (χ2v) is 5.61. The van der Waals surface area contributed by atoms with Gasteiger partial charge in [0.2, 0.25) is 0 Å². The van der Waals surface area contributed by atoms with Crippen molar-refractivity contribution in [1.29, 1.82) is 0 Å². The fraction of sp³-hybridized carbons (Fsp3) is 0.176. The van der Waals surface area contributed by atoms with Gasteiger partial charge in [-0.15, -0.1) is 0 Å². The van der Waals surface area contributed by atoms with Gasteiger partial charge in [0.1, 0.15) is 11.6 Å². The lowest BCUT2D eigenvalue weighted by molar-refractivity contribution is -0.123. The second kappa shape index (κ2) is 8.43. The van der Waals surface area contributed by atoms with Crippen molar-refractivity contribution >= 4 is 28.1 Å². The van der Waals surface area contributed by atoms with E-state index >= 15 is 0 Å². The van der Waals surface area contributed by atoms with Gasteiger partial charge in [0.15, 0.2) is 6.61 Å². The highest BCUT2D eigenvalue weighted by Gasteiger charge is 2.02. The van der Waals surface area contributed by atoms with Gasteiger partial charge in [-0.1, -0.05) is 25.1 Å². The minimum atomic E-state index is -0.373. The summed E-state index contributed by atoms with van der Waals surface area (Å²) in [5.74, 6) is -0.0977. The number of hydrogen-bond acceptors (Lipinski definition) is 3. The Hall–Kier alpha value is -2.21. The number of hydrogen-bond donors (Lipinski definition) is 1. The molecule has 2 aromatic carbocycles. The number of nitrogens with one attached hydrogen (secondary N) is 1. The molecule has 0 radical (unpaired) electrons. The SMILES string of the molecule is CCc1ccc(OCC(=O)N/N=C/c2ccc(F)c(Br)c2)cc1. The first-order chi connectivity index (χ1) is 11.1. The highest BCUT2D eigenvalue weighted by atomic mass is 79.9. The first-order valence-electron chi connectivity index (χ1n) is 7.07. The summed E-state index contributed by atoms with van der Waals surface area (Å²) in [4.78, 5) is 11.6. The Labute approximate surface area is 142 Å². The Bertz CT molecular complexity index is 702. The zero-order valence-electron chi connectivity index (χ0n) is 12.6. The standard InChI is InChI=1S/C17H16BrFN2O2/c1-2-12-3-6-14(7-4-12)23-11-17(22)21-20-10-13-5-8-16(19)15(18)9-13/h3-10H,2,11H2,1H3,(H,21,22)/b20-10+. The van der Waals surface area contributed by atoms with Crippen LogP contribution in [0.4, 0.5) is 4.39 Å². The molecule has 0 bridgehead atoms. The van der Waals surface area contributed by atoms with Crippen LogP contribution in [0, 0.1) is 5.82 Å². The number of nitrogens with zero attached hydrogens (tertiary/aromatic N) is 1. The fourth-order valence-corrected chi connectivity index (χ4v) is 2.17. The quantitative estimate of drug-likeness (QED) is 0.615. The predicted octanol–water partition coefficient (Wildman–Crippen LogP) is 3.68. The summed E-state index contributed by atoms with van der Waals surface area (Å²) in [6.45, 7) is 1.94. The van der Waals surface area contributed by atoms with E-state index in [1.165, 1.54) is 17.8 Å². The number of benzene rings is 2. The van der Waals surface area contributed by atoms with Gasteiger partial charge >= 0.3 is 0 Å². The molecule has 2 aromatic rings. The highest BCUT2D eigenvalue weighted by molar-refractivity contribution is 9.10. The van der Waals surface area contributed by atoms with E-state index in [2.05, 4.69) is 33.4 Å². The zero-order valence-corrected chi connectivity index (χ0v) is 14.1. The summed E-state index contributed by atoms with van der Waals surface area (Å²) in [6.07, 6.45) is 2.38. The van der Waals surface area contributed by atoms with Crippen LogP contribution < -0.4 is 10.2 Å². The van der Waals surface area contributed by atoms with Crippen molar-refractivity contribution in [3.63, 3.8) is 0 Å². The van der Waals surface area contributed by atoms with Crippen LogP contribution in [0.3, 0.4) is 0 Å². The maximum atomic E-state index is 13.1. The number of aryl methyl sites for hydroxylation is 1. The lowest BCUT2D eigenvalue weighted by atomic mass is 10.2. The van der Waals surface area contributed by atoms with Crippen LogP contribution in [-0.2, 0) is 11.2 Å². The Morgan fingerprint density at radius 2 is 2.04 bits per heavy atom. The van der Waals surface area contributed by atoms with Gasteiger partial charge in [-0.25, -0.2) is 9.82 Å². The third-order valence-corrected chi connectivity index (χ3v) is 3.66.